The van der Waals surface area contributed by atoms with Gasteiger partial charge in [0.05, 0.1) is 10.9 Å². The number of rotatable bonds is 4. The van der Waals surface area contributed by atoms with Gasteiger partial charge in [-0.25, -0.2) is 4.98 Å². The number of benzene rings is 3. The van der Waals surface area contributed by atoms with Gasteiger partial charge in [0.25, 0.3) is 5.56 Å². The van der Waals surface area contributed by atoms with Gasteiger partial charge in [-0.1, -0.05) is 42.5 Å². The quantitative estimate of drug-likeness (QED) is 0.334. The maximum absolute atomic E-state index is 13.2. The summed E-state index contributed by atoms with van der Waals surface area (Å²) < 4.78 is 2.61. The molecule has 3 aromatic carbocycles. The number of aromatic hydroxyl groups is 2. The van der Waals surface area contributed by atoms with E-state index < -0.39 is 0 Å². The molecule has 0 saturated heterocycles. The number of hydrogen-bond acceptors (Lipinski definition) is 4. The van der Waals surface area contributed by atoms with Gasteiger partial charge in [-0.2, -0.15) is 0 Å². The fourth-order valence-electron chi connectivity index (χ4n) is 3.19. The van der Waals surface area contributed by atoms with Crippen LogP contribution in [0.1, 0.15) is 5.56 Å². The van der Waals surface area contributed by atoms with Crippen molar-refractivity contribution >= 4 is 33.5 Å². The Morgan fingerprint density at radius 3 is 2.46 bits per heavy atom. The molecular weight excluding hydrogens is 467 g/mol. The summed E-state index contributed by atoms with van der Waals surface area (Å²) in [6, 6.07) is 19.9. The van der Waals surface area contributed by atoms with E-state index in [1.807, 2.05) is 42.5 Å². The van der Waals surface area contributed by atoms with Crippen LogP contribution in [-0.2, 0) is 13.0 Å². The Morgan fingerprint density at radius 2 is 1.71 bits per heavy atom. The molecule has 28 heavy (non-hydrogen) atoms. The maximum atomic E-state index is 13.2. The van der Waals surface area contributed by atoms with Crippen LogP contribution in [0.15, 0.2) is 71.5 Å². The predicted octanol–water partition coefficient (Wildman–Crippen LogP) is 4.32. The molecule has 1 heterocycles. The minimum absolute atomic E-state index is 0.0923. The molecule has 140 valence electrons. The van der Waals surface area contributed by atoms with E-state index in [9.17, 15) is 15.0 Å². The Kier molecular flexibility index (Phi) is 5.04. The first kappa shape index (κ1) is 18.5. The lowest BCUT2D eigenvalue weighted by atomic mass is 10.1. The third-order valence-corrected chi connectivity index (χ3v) is 5.50. The number of phenols is 2. The molecule has 2 N–H and O–H groups in total. The molecule has 0 aliphatic carbocycles. The van der Waals surface area contributed by atoms with Crippen molar-refractivity contribution in [3.05, 3.63) is 86.2 Å². The molecule has 5 nitrogen and oxygen atoms in total. The monoisotopic (exact) mass is 484 g/mol. The number of halogens is 1. The summed E-state index contributed by atoms with van der Waals surface area (Å²) in [6.07, 6.45) is 0.519. The van der Waals surface area contributed by atoms with Crippen molar-refractivity contribution in [2.24, 2.45) is 0 Å². The van der Waals surface area contributed by atoms with Gasteiger partial charge in [-0.15, -0.1) is 0 Å². The van der Waals surface area contributed by atoms with Crippen molar-refractivity contribution in [3.63, 3.8) is 0 Å². The lowest BCUT2D eigenvalue weighted by molar-refractivity contribution is 0.403. The van der Waals surface area contributed by atoms with E-state index in [0.29, 0.717) is 29.7 Å². The molecule has 0 unspecified atom stereocenters. The third-order valence-electron chi connectivity index (χ3n) is 4.63. The first-order valence-electron chi connectivity index (χ1n) is 8.80. The van der Waals surface area contributed by atoms with Crippen molar-refractivity contribution in [3.8, 4) is 22.9 Å². The van der Waals surface area contributed by atoms with Gasteiger partial charge < -0.3 is 10.2 Å². The zero-order valence-corrected chi connectivity index (χ0v) is 17.0. The fraction of sp³-hybridized carbons (Fsp3) is 0.0909. The van der Waals surface area contributed by atoms with Gasteiger partial charge in [0.1, 0.15) is 5.82 Å². The van der Waals surface area contributed by atoms with E-state index in [1.165, 1.54) is 12.1 Å². The second kappa shape index (κ2) is 7.63. The normalized spacial score (nSPS) is 11.0. The molecule has 0 aliphatic heterocycles. The lowest BCUT2D eigenvalue weighted by Crippen LogP contribution is -2.24. The number of phenolic OH excluding ortho intramolecular Hbond substituents is 2. The van der Waals surface area contributed by atoms with Crippen LogP contribution in [0, 0.1) is 3.57 Å². The number of para-hydroxylation sites is 1. The van der Waals surface area contributed by atoms with Crippen molar-refractivity contribution in [1.82, 2.24) is 9.55 Å². The molecule has 4 rings (SSSR count). The van der Waals surface area contributed by atoms with Gasteiger partial charge in [0, 0.05) is 15.7 Å². The van der Waals surface area contributed by atoms with Gasteiger partial charge in [0.15, 0.2) is 11.5 Å². The molecule has 4 aromatic rings. The van der Waals surface area contributed by atoms with Crippen LogP contribution in [0.25, 0.3) is 22.3 Å². The van der Waals surface area contributed by atoms with Gasteiger partial charge in [-0.3, -0.25) is 9.36 Å². The first-order chi connectivity index (χ1) is 13.5. The second-order valence-electron chi connectivity index (χ2n) is 6.47. The van der Waals surface area contributed by atoms with Crippen molar-refractivity contribution in [2.45, 2.75) is 13.0 Å². The van der Waals surface area contributed by atoms with Crippen LogP contribution < -0.4 is 5.56 Å². The standard InChI is InChI=1S/C22H17IN2O3/c23-17-8-4-7-16-20(17)24-21(15-5-2-1-3-6-15)25(22(16)28)12-11-14-9-10-18(26)19(27)13-14/h1-10,13,26-27H,11-12H2. The minimum atomic E-state index is -0.167. The number of aryl methyl sites for hydroxylation is 1. The lowest BCUT2D eigenvalue weighted by Gasteiger charge is -2.14. The van der Waals surface area contributed by atoms with E-state index in [0.717, 1.165) is 14.7 Å². The Balaban J connectivity index is 1.84. The number of hydrogen-bond donors (Lipinski definition) is 2. The maximum Gasteiger partial charge on any atom is 0.261 e. The SMILES string of the molecule is O=c1c2cccc(I)c2nc(-c2ccccc2)n1CCc1ccc(O)c(O)c1. The van der Waals surface area contributed by atoms with Gasteiger partial charge >= 0.3 is 0 Å². The molecular formula is C22H17IN2O3. The largest absolute Gasteiger partial charge is 0.504 e. The van der Waals surface area contributed by atoms with Crippen LogP contribution in [0.5, 0.6) is 11.5 Å². The Morgan fingerprint density at radius 1 is 0.929 bits per heavy atom. The zero-order chi connectivity index (χ0) is 19.7. The summed E-state index contributed by atoms with van der Waals surface area (Å²) in [4.78, 5) is 18.1. The average molecular weight is 484 g/mol. The van der Waals surface area contributed by atoms with Crippen LogP contribution in [0.2, 0.25) is 0 Å². The molecule has 0 spiro atoms. The molecule has 0 atom stereocenters. The number of aromatic nitrogens is 2. The third kappa shape index (κ3) is 3.47. The minimum Gasteiger partial charge on any atom is -0.504 e. The molecule has 1 aromatic heterocycles. The fourth-order valence-corrected chi connectivity index (χ4v) is 3.81. The molecule has 0 aliphatic rings. The smallest absolute Gasteiger partial charge is 0.261 e. The van der Waals surface area contributed by atoms with Crippen LogP contribution >= 0.6 is 22.6 Å². The van der Waals surface area contributed by atoms with Gasteiger partial charge in [-0.05, 0) is 58.8 Å². The molecule has 0 amide bonds. The van der Waals surface area contributed by atoms with E-state index >= 15 is 0 Å². The van der Waals surface area contributed by atoms with Crippen molar-refractivity contribution < 1.29 is 10.2 Å². The van der Waals surface area contributed by atoms with E-state index in [4.69, 9.17) is 4.98 Å². The highest BCUT2D eigenvalue weighted by Gasteiger charge is 2.14. The Bertz CT molecular complexity index is 1220. The zero-order valence-electron chi connectivity index (χ0n) is 14.8. The Labute approximate surface area is 175 Å². The summed E-state index contributed by atoms with van der Waals surface area (Å²) in [6.45, 7) is 0.404. The highest BCUT2D eigenvalue weighted by Crippen LogP contribution is 2.26. The summed E-state index contributed by atoms with van der Waals surface area (Å²) in [5, 5.41) is 19.8. The van der Waals surface area contributed by atoms with Gasteiger partial charge in [0.2, 0.25) is 0 Å². The highest BCUT2D eigenvalue weighted by molar-refractivity contribution is 14.1. The van der Waals surface area contributed by atoms with E-state index in [2.05, 4.69) is 22.6 Å². The van der Waals surface area contributed by atoms with Crippen LogP contribution in [0.4, 0.5) is 0 Å². The Hall–Kier alpha value is -2.87. The van der Waals surface area contributed by atoms with E-state index in [-0.39, 0.29) is 17.1 Å². The predicted molar refractivity (Wildman–Crippen MR) is 118 cm³/mol. The van der Waals surface area contributed by atoms with Crippen LogP contribution in [0.3, 0.4) is 0 Å². The van der Waals surface area contributed by atoms with E-state index in [1.54, 1.807) is 16.7 Å². The summed E-state index contributed by atoms with van der Waals surface area (Å²) >= 11 is 2.20. The molecule has 0 saturated carbocycles. The van der Waals surface area contributed by atoms with Crippen molar-refractivity contribution in [1.29, 1.82) is 0 Å². The first-order valence-corrected chi connectivity index (χ1v) is 9.88. The molecule has 0 fully saturated rings. The molecule has 6 heteroatoms. The average Bonchev–Trinajstić information content (AvgIpc) is 2.71. The highest BCUT2D eigenvalue weighted by atomic mass is 127. The summed E-state index contributed by atoms with van der Waals surface area (Å²) in [7, 11) is 0. The number of nitrogens with zero attached hydrogens (tertiary/aromatic N) is 2. The summed E-state index contributed by atoms with van der Waals surface area (Å²) in [5.74, 6) is 0.289. The second-order valence-corrected chi connectivity index (χ2v) is 7.63. The molecule has 0 radical (unpaired) electrons. The summed E-state index contributed by atoms with van der Waals surface area (Å²) in [5.41, 5.74) is 2.30. The molecule has 0 bridgehead atoms. The topological polar surface area (TPSA) is 75.4 Å². The van der Waals surface area contributed by atoms with Crippen LogP contribution in [-0.4, -0.2) is 19.8 Å². The number of fused-ring (bicyclic) bond motifs is 1. The van der Waals surface area contributed by atoms with Crippen molar-refractivity contribution in [2.75, 3.05) is 0 Å².